The minimum atomic E-state index is -0.248. The van der Waals surface area contributed by atoms with Crippen LogP contribution in [0.25, 0.3) is 11.3 Å². The van der Waals surface area contributed by atoms with Crippen LogP contribution in [0.4, 0.5) is 0 Å². The van der Waals surface area contributed by atoms with Gasteiger partial charge in [0.2, 0.25) is 0 Å². The van der Waals surface area contributed by atoms with Crippen molar-refractivity contribution in [3.05, 3.63) is 52.3 Å². The van der Waals surface area contributed by atoms with Gasteiger partial charge < -0.3 is 9.47 Å². The van der Waals surface area contributed by atoms with Crippen molar-refractivity contribution >= 4 is 23.5 Å². The van der Waals surface area contributed by atoms with E-state index in [9.17, 15) is 4.79 Å². The number of aromatic amines is 1. The second-order valence-electron chi connectivity index (χ2n) is 4.95. The third-order valence-electron chi connectivity index (χ3n) is 3.46. The highest BCUT2D eigenvalue weighted by molar-refractivity contribution is 7.12. The second-order valence-corrected chi connectivity index (χ2v) is 5.89. The van der Waals surface area contributed by atoms with Gasteiger partial charge in [-0.15, -0.1) is 11.3 Å². The molecule has 25 heavy (non-hydrogen) atoms. The molecule has 7 nitrogen and oxygen atoms in total. The number of H-pyrrole nitrogens is 1. The number of nitrogens with one attached hydrogen (secondary N) is 2. The number of hydrogen-bond acceptors (Lipinski definition) is 6. The molecule has 0 fully saturated rings. The quantitative estimate of drug-likeness (QED) is 0.525. The van der Waals surface area contributed by atoms with Gasteiger partial charge >= 0.3 is 0 Å². The van der Waals surface area contributed by atoms with E-state index in [2.05, 4.69) is 20.7 Å². The Morgan fingerprint density at radius 2 is 2.12 bits per heavy atom. The Morgan fingerprint density at radius 1 is 1.28 bits per heavy atom. The summed E-state index contributed by atoms with van der Waals surface area (Å²) in [5.74, 6) is 1.01. The molecule has 3 rings (SSSR count). The fourth-order valence-corrected chi connectivity index (χ4v) is 2.85. The summed E-state index contributed by atoms with van der Waals surface area (Å²) in [6.07, 6.45) is 3.17. The Kier molecular flexibility index (Phi) is 5.10. The lowest BCUT2D eigenvalue weighted by molar-refractivity contribution is 0.0959. The molecule has 0 atom stereocenters. The number of carbonyl (C=O) groups is 1. The summed E-state index contributed by atoms with van der Waals surface area (Å²) in [5.41, 5.74) is 4.85. The highest BCUT2D eigenvalue weighted by Gasteiger charge is 2.11. The lowest BCUT2D eigenvalue weighted by atomic mass is 10.1. The lowest BCUT2D eigenvalue weighted by Gasteiger charge is -2.09. The van der Waals surface area contributed by atoms with E-state index in [1.165, 1.54) is 11.3 Å². The molecular formula is C17H16N4O3S. The maximum absolute atomic E-state index is 11.9. The van der Waals surface area contributed by atoms with Gasteiger partial charge in [-0.2, -0.15) is 10.2 Å². The average molecular weight is 356 g/mol. The van der Waals surface area contributed by atoms with Crippen LogP contribution in [0.2, 0.25) is 0 Å². The summed E-state index contributed by atoms with van der Waals surface area (Å²) in [7, 11) is 3.17. The molecule has 0 aliphatic rings. The number of hydrogen-bond donors (Lipinski definition) is 2. The highest BCUT2D eigenvalue weighted by Crippen LogP contribution is 2.32. The zero-order valence-corrected chi connectivity index (χ0v) is 14.5. The molecule has 3 aromatic rings. The van der Waals surface area contributed by atoms with Crippen LogP contribution < -0.4 is 14.9 Å². The largest absolute Gasteiger partial charge is 0.493 e. The molecule has 2 N–H and O–H groups in total. The Balaban J connectivity index is 1.79. The SMILES string of the molecule is COc1ccc(-c2[nH]ncc2/C=N/NC(=O)c2cccs2)cc1OC. The third-order valence-corrected chi connectivity index (χ3v) is 4.32. The average Bonchev–Trinajstić information content (AvgIpc) is 3.33. The number of thiophene rings is 1. The predicted octanol–water partition coefficient (Wildman–Crippen LogP) is 2.92. The molecule has 0 spiro atoms. The summed E-state index contributed by atoms with van der Waals surface area (Å²) in [4.78, 5) is 12.5. The first-order valence-electron chi connectivity index (χ1n) is 7.35. The van der Waals surface area contributed by atoms with Crippen molar-refractivity contribution in [3.63, 3.8) is 0 Å². The van der Waals surface area contributed by atoms with Crippen molar-refractivity contribution in [2.24, 2.45) is 5.10 Å². The Hall–Kier alpha value is -3.13. The number of benzene rings is 1. The van der Waals surface area contributed by atoms with Gasteiger partial charge in [0, 0.05) is 11.1 Å². The van der Waals surface area contributed by atoms with E-state index in [1.54, 1.807) is 32.7 Å². The molecule has 2 heterocycles. The van der Waals surface area contributed by atoms with Gasteiger partial charge in [0.15, 0.2) is 11.5 Å². The summed E-state index contributed by atoms with van der Waals surface area (Å²) < 4.78 is 10.6. The first kappa shape index (κ1) is 16.7. The molecule has 0 unspecified atom stereocenters. The number of ether oxygens (including phenoxy) is 2. The van der Waals surface area contributed by atoms with E-state index in [1.807, 2.05) is 29.6 Å². The zero-order valence-electron chi connectivity index (χ0n) is 13.6. The zero-order chi connectivity index (χ0) is 17.6. The molecule has 0 saturated carbocycles. The number of nitrogens with zero attached hydrogens (tertiary/aromatic N) is 2. The van der Waals surface area contributed by atoms with Crippen molar-refractivity contribution in [2.45, 2.75) is 0 Å². The molecule has 1 amide bonds. The smallest absolute Gasteiger partial charge is 0.281 e. The summed E-state index contributed by atoms with van der Waals surface area (Å²) in [6.45, 7) is 0. The first-order chi connectivity index (χ1) is 12.2. The molecule has 0 radical (unpaired) electrons. The van der Waals surface area contributed by atoms with Crippen LogP contribution in [0.1, 0.15) is 15.2 Å². The fraction of sp³-hybridized carbons (Fsp3) is 0.118. The number of methoxy groups -OCH3 is 2. The number of carbonyl (C=O) groups excluding carboxylic acids is 1. The maximum atomic E-state index is 11.9. The molecule has 2 aromatic heterocycles. The minimum Gasteiger partial charge on any atom is -0.493 e. The predicted molar refractivity (Wildman–Crippen MR) is 96.5 cm³/mol. The topological polar surface area (TPSA) is 88.6 Å². The van der Waals surface area contributed by atoms with Crippen molar-refractivity contribution < 1.29 is 14.3 Å². The number of amides is 1. The number of aromatic nitrogens is 2. The van der Waals surface area contributed by atoms with Crippen LogP contribution in [0.3, 0.4) is 0 Å². The molecule has 0 saturated heterocycles. The standard InChI is InChI=1S/C17H16N4O3S/c1-23-13-6-5-11(8-14(13)24-2)16-12(9-18-20-16)10-19-21-17(22)15-4-3-7-25-15/h3-10H,1-2H3,(H,18,20)(H,21,22)/b19-10+. The van der Waals surface area contributed by atoms with E-state index in [0.29, 0.717) is 16.4 Å². The van der Waals surface area contributed by atoms with Crippen molar-refractivity contribution in [1.29, 1.82) is 0 Å². The van der Waals surface area contributed by atoms with Gasteiger partial charge in [-0.05, 0) is 29.6 Å². The molecule has 8 heteroatoms. The van der Waals surface area contributed by atoms with Crippen LogP contribution in [-0.4, -0.2) is 36.5 Å². The first-order valence-corrected chi connectivity index (χ1v) is 8.23. The monoisotopic (exact) mass is 356 g/mol. The van der Waals surface area contributed by atoms with Crippen LogP contribution in [0.15, 0.2) is 47.0 Å². The molecule has 0 bridgehead atoms. The van der Waals surface area contributed by atoms with Gasteiger partial charge in [0.1, 0.15) is 0 Å². The third kappa shape index (κ3) is 3.69. The second kappa shape index (κ2) is 7.63. The number of rotatable bonds is 6. The Morgan fingerprint density at radius 3 is 2.84 bits per heavy atom. The van der Waals surface area contributed by atoms with Crippen LogP contribution in [-0.2, 0) is 0 Å². The molecule has 0 aliphatic carbocycles. The van der Waals surface area contributed by atoms with Crippen molar-refractivity contribution in [3.8, 4) is 22.8 Å². The fourth-order valence-electron chi connectivity index (χ4n) is 2.24. The van der Waals surface area contributed by atoms with E-state index >= 15 is 0 Å². The van der Waals surface area contributed by atoms with E-state index in [4.69, 9.17) is 9.47 Å². The normalized spacial score (nSPS) is 10.8. The van der Waals surface area contributed by atoms with Gasteiger partial charge in [-0.25, -0.2) is 5.43 Å². The van der Waals surface area contributed by atoms with Gasteiger partial charge in [-0.3, -0.25) is 9.89 Å². The Bertz CT molecular complexity index is 887. The number of hydrazone groups is 1. The summed E-state index contributed by atoms with van der Waals surface area (Å²) >= 11 is 1.36. The van der Waals surface area contributed by atoms with Gasteiger partial charge in [0.25, 0.3) is 5.91 Å². The minimum absolute atomic E-state index is 0.248. The van der Waals surface area contributed by atoms with E-state index in [0.717, 1.165) is 16.8 Å². The van der Waals surface area contributed by atoms with Crippen LogP contribution >= 0.6 is 11.3 Å². The lowest BCUT2D eigenvalue weighted by Crippen LogP contribution is -2.16. The van der Waals surface area contributed by atoms with Crippen molar-refractivity contribution in [2.75, 3.05) is 14.2 Å². The van der Waals surface area contributed by atoms with E-state index in [-0.39, 0.29) is 5.91 Å². The highest BCUT2D eigenvalue weighted by atomic mass is 32.1. The maximum Gasteiger partial charge on any atom is 0.281 e. The van der Waals surface area contributed by atoms with Crippen molar-refractivity contribution in [1.82, 2.24) is 15.6 Å². The van der Waals surface area contributed by atoms with Crippen LogP contribution in [0, 0.1) is 0 Å². The molecule has 0 aliphatic heterocycles. The van der Waals surface area contributed by atoms with E-state index < -0.39 is 0 Å². The van der Waals surface area contributed by atoms with Crippen LogP contribution in [0.5, 0.6) is 11.5 Å². The molecule has 128 valence electrons. The van der Waals surface area contributed by atoms with Gasteiger partial charge in [0.05, 0.1) is 37.2 Å². The molecule has 1 aromatic carbocycles. The summed E-state index contributed by atoms with van der Waals surface area (Å²) in [5, 5.41) is 12.8. The summed E-state index contributed by atoms with van der Waals surface area (Å²) in [6, 6.07) is 9.09. The Labute approximate surface area is 148 Å². The van der Waals surface area contributed by atoms with Gasteiger partial charge in [-0.1, -0.05) is 6.07 Å². The molecular weight excluding hydrogens is 340 g/mol.